The van der Waals surface area contributed by atoms with E-state index in [9.17, 15) is 23.2 Å². The van der Waals surface area contributed by atoms with Gasteiger partial charge in [-0.05, 0) is 105 Å². The monoisotopic (exact) mass is 824 g/mol. The summed E-state index contributed by atoms with van der Waals surface area (Å²) in [5.41, 5.74) is 1.57. The summed E-state index contributed by atoms with van der Waals surface area (Å²) in [6.07, 6.45) is 4.71. The number of alkyl carbamates (subject to hydrolysis) is 1. The fourth-order valence-electron chi connectivity index (χ4n) is 11.0. The average Bonchev–Trinajstić information content (AvgIpc) is 3.66. The topological polar surface area (TPSA) is 97.5 Å². The fourth-order valence-corrected chi connectivity index (χ4v) is 11.0. The summed E-state index contributed by atoms with van der Waals surface area (Å²) in [5, 5.41) is 6.17. The van der Waals surface area contributed by atoms with Gasteiger partial charge in [0.05, 0.1) is 7.11 Å². The first kappa shape index (κ1) is 42.9. The number of anilines is 1. The third-order valence-corrected chi connectivity index (χ3v) is 14.0. The van der Waals surface area contributed by atoms with Gasteiger partial charge in [0.15, 0.2) is 0 Å². The predicted octanol–water partition coefficient (Wildman–Crippen LogP) is 6.24. The Labute approximate surface area is 345 Å². The van der Waals surface area contributed by atoms with Gasteiger partial charge < -0.3 is 30.1 Å². The molecule has 1 aliphatic carbocycles. The molecule has 4 aliphatic heterocycles. The summed E-state index contributed by atoms with van der Waals surface area (Å²) in [7, 11) is 1.35. The van der Waals surface area contributed by atoms with Crippen LogP contribution in [0.1, 0.15) is 68.6 Å². The van der Waals surface area contributed by atoms with Gasteiger partial charge in [0, 0.05) is 100 Å². The number of hydrogen-bond acceptors (Lipinski definition) is 7. The van der Waals surface area contributed by atoms with E-state index in [1.54, 1.807) is 24.3 Å². The quantitative estimate of drug-likeness (QED) is 0.172. The number of nitrogens with zero attached hydrogens (tertiary/aromatic N) is 4. The Morgan fingerprint density at radius 3 is 2.36 bits per heavy atom. The lowest BCUT2D eigenvalue weighted by Crippen LogP contribution is -2.58. The molecule has 7 rings (SSSR count). The molecule has 0 bridgehead atoms. The minimum atomic E-state index is -3.16. The second kappa shape index (κ2) is 18.2. The van der Waals surface area contributed by atoms with Crippen LogP contribution in [0.4, 0.5) is 28.0 Å². The molecule has 5 fully saturated rings. The Morgan fingerprint density at radius 1 is 0.915 bits per heavy atom. The van der Waals surface area contributed by atoms with Crippen molar-refractivity contribution in [2.75, 3.05) is 77.5 Å². The summed E-state index contributed by atoms with van der Waals surface area (Å²) in [6, 6.07) is 11.7. The normalized spacial score (nSPS) is 24.8. The van der Waals surface area contributed by atoms with Gasteiger partial charge in [0.2, 0.25) is 11.8 Å². The van der Waals surface area contributed by atoms with Crippen molar-refractivity contribution in [3.8, 4) is 0 Å². The number of alkyl halides is 3. The first-order valence-corrected chi connectivity index (χ1v) is 21.4. The lowest BCUT2D eigenvalue weighted by Gasteiger charge is -2.51. The summed E-state index contributed by atoms with van der Waals surface area (Å²) < 4.78 is 66.5. The van der Waals surface area contributed by atoms with E-state index in [4.69, 9.17) is 4.74 Å². The highest BCUT2D eigenvalue weighted by Gasteiger charge is 2.52. The van der Waals surface area contributed by atoms with Crippen LogP contribution in [0.5, 0.6) is 0 Å². The van der Waals surface area contributed by atoms with E-state index < -0.39 is 29.5 Å². The van der Waals surface area contributed by atoms with Crippen molar-refractivity contribution in [3.63, 3.8) is 0 Å². The van der Waals surface area contributed by atoms with Crippen molar-refractivity contribution in [3.05, 3.63) is 77.6 Å². The number of likely N-dealkylation sites (tertiary alicyclic amines) is 3. The zero-order valence-corrected chi connectivity index (χ0v) is 34.5. The maximum Gasteiger partial charge on any atom is 0.407 e. The van der Waals surface area contributed by atoms with Crippen molar-refractivity contribution < 1.29 is 36.7 Å². The van der Waals surface area contributed by atoms with Crippen molar-refractivity contribution >= 4 is 23.6 Å². The van der Waals surface area contributed by atoms with Crippen molar-refractivity contribution in [1.29, 1.82) is 0 Å². The number of hydrogen-bond donors (Lipinski definition) is 2. The number of carbonyl (C=O) groups is 3. The minimum absolute atomic E-state index is 0.0326. The van der Waals surface area contributed by atoms with Gasteiger partial charge in [-0.25, -0.2) is 22.4 Å². The van der Waals surface area contributed by atoms with Gasteiger partial charge in [-0.15, -0.1) is 0 Å². The highest BCUT2D eigenvalue weighted by molar-refractivity contribution is 5.87. The highest BCUT2D eigenvalue weighted by Crippen LogP contribution is 2.51. The number of methoxy groups -OCH3 is 1. The molecule has 2 aromatic carbocycles. The van der Waals surface area contributed by atoms with Crippen molar-refractivity contribution in [2.24, 2.45) is 23.7 Å². The number of piperidine rings is 2. The van der Waals surface area contributed by atoms with Gasteiger partial charge in [-0.2, -0.15) is 0 Å². The number of ether oxygens (including phenoxy) is 1. The van der Waals surface area contributed by atoms with E-state index in [2.05, 4.69) is 27.0 Å². The molecule has 5 aliphatic rings. The van der Waals surface area contributed by atoms with Crippen LogP contribution in [0.15, 0.2) is 55.1 Å². The van der Waals surface area contributed by atoms with Crippen molar-refractivity contribution in [2.45, 2.75) is 82.0 Å². The standard InChI is InChI=1S/C45H60F4N6O4/c1-4-42(57)54-17-7-9-35(26-54)45(48,49)39-14-13-38(20-32(39)25-53-27-37(47)28-53)55-23-31(24-55)22-52-18-15-33(16-19-52)44(29-50-30(2)56,34-8-5-10-36(46)21-34)40-11-6-12-41(40)51-43(58)59-3/h4-5,8,10,13-14,20-21,31,33,35,37,40-41H,1,6-7,9,11-12,15-19,22-29H2,2-3H3,(H,50,56)(H,51,58)/t35-,40-,41-,44-/m0/s1. The zero-order valence-electron chi connectivity index (χ0n) is 34.5. The minimum Gasteiger partial charge on any atom is -0.453 e. The first-order chi connectivity index (χ1) is 28.3. The van der Waals surface area contributed by atoms with E-state index in [0.717, 1.165) is 76.1 Å². The van der Waals surface area contributed by atoms with Crippen LogP contribution in [0.2, 0.25) is 0 Å². The van der Waals surface area contributed by atoms with Crippen LogP contribution in [-0.2, 0) is 32.2 Å². The Balaban J connectivity index is 1.03. The molecule has 10 nitrogen and oxygen atoms in total. The molecule has 0 radical (unpaired) electrons. The molecule has 0 spiro atoms. The Hall–Kier alpha value is -4.17. The second-order valence-electron chi connectivity index (χ2n) is 17.7. The molecular weight excluding hydrogens is 765 g/mol. The lowest BCUT2D eigenvalue weighted by molar-refractivity contribution is -0.134. The van der Waals surface area contributed by atoms with Gasteiger partial charge in [0.25, 0.3) is 5.92 Å². The molecule has 14 heteroatoms. The number of halogens is 4. The molecule has 4 saturated heterocycles. The van der Waals surface area contributed by atoms with E-state index in [1.807, 2.05) is 17.0 Å². The summed E-state index contributed by atoms with van der Waals surface area (Å²) >= 11 is 0. The maximum atomic E-state index is 16.4. The predicted molar refractivity (Wildman–Crippen MR) is 218 cm³/mol. The van der Waals surface area contributed by atoms with Crippen LogP contribution < -0.4 is 15.5 Å². The maximum absolute atomic E-state index is 16.4. The zero-order chi connectivity index (χ0) is 41.9. The summed E-state index contributed by atoms with van der Waals surface area (Å²) in [5.74, 6) is -4.56. The van der Waals surface area contributed by atoms with Gasteiger partial charge in [-0.1, -0.05) is 31.2 Å². The third-order valence-electron chi connectivity index (χ3n) is 14.0. The Kier molecular flexibility index (Phi) is 13.3. The van der Waals surface area contributed by atoms with E-state index in [1.165, 1.54) is 31.1 Å². The van der Waals surface area contributed by atoms with Crippen LogP contribution >= 0.6 is 0 Å². The molecule has 0 unspecified atom stereocenters. The smallest absolute Gasteiger partial charge is 0.407 e. The first-order valence-electron chi connectivity index (χ1n) is 21.4. The molecule has 4 heterocycles. The molecule has 2 N–H and O–H groups in total. The van der Waals surface area contributed by atoms with Gasteiger partial charge >= 0.3 is 6.09 Å². The van der Waals surface area contributed by atoms with Gasteiger partial charge in [-0.3, -0.25) is 14.5 Å². The van der Waals surface area contributed by atoms with Gasteiger partial charge in [0.1, 0.15) is 12.0 Å². The third kappa shape index (κ3) is 9.28. The SMILES string of the molecule is C=CC(=O)N1CCC[C@H](C(F)(F)c2ccc(N3CC(CN4CCC([C@@](CNC(C)=O)(c5cccc(F)c5)[C@H]5CCC[C@@H]5NC(=O)OC)CC4)C3)cc2CN2CC(F)C2)C1. The van der Waals surface area contributed by atoms with E-state index in [-0.39, 0.29) is 67.3 Å². The van der Waals surface area contributed by atoms with Crippen LogP contribution in [0.25, 0.3) is 0 Å². The highest BCUT2D eigenvalue weighted by atomic mass is 19.3. The van der Waals surface area contributed by atoms with Crippen LogP contribution in [-0.4, -0.2) is 117 Å². The molecule has 3 amide bonds. The summed E-state index contributed by atoms with van der Waals surface area (Å²) in [4.78, 5) is 45.2. The van der Waals surface area contributed by atoms with E-state index >= 15 is 8.78 Å². The molecule has 1 saturated carbocycles. The molecular formula is C45H60F4N6O4. The number of nitrogens with one attached hydrogen (secondary N) is 2. The molecule has 2 aromatic rings. The molecule has 59 heavy (non-hydrogen) atoms. The number of carbonyl (C=O) groups excluding carboxylic acids is 3. The molecule has 0 aromatic heterocycles. The Bertz CT molecular complexity index is 1830. The average molecular weight is 825 g/mol. The lowest BCUT2D eigenvalue weighted by atomic mass is 9.58. The number of rotatable bonds is 14. The van der Waals surface area contributed by atoms with Crippen LogP contribution in [0, 0.1) is 29.5 Å². The fraction of sp³-hybridized carbons (Fsp3) is 0.622. The number of amides is 3. The second-order valence-corrected chi connectivity index (χ2v) is 17.7. The van der Waals surface area contributed by atoms with Crippen molar-refractivity contribution in [1.82, 2.24) is 25.3 Å². The molecule has 4 atom stereocenters. The largest absolute Gasteiger partial charge is 0.453 e. The van der Waals surface area contributed by atoms with E-state index in [0.29, 0.717) is 37.4 Å². The Morgan fingerprint density at radius 2 is 1.68 bits per heavy atom. The molecule has 322 valence electrons. The van der Waals surface area contributed by atoms with Crippen LogP contribution in [0.3, 0.4) is 0 Å². The number of benzene rings is 2. The summed E-state index contributed by atoms with van der Waals surface area (Å²) in [6.45, 7) is 10.6.